The molecule has 0 saturated heterocycles. The second-order valence-electron chi connectivity index (χ2n) is 4.21. The standard InChI is InChI=1S/C14H16BrClN2O.CO2/c1-4-11-13(16)14(18(5-2)17-11)10-7-6-9(15)8-12(10)19-3;2-1-3/h6-8H,4-5H2,1-3H3;. The van der Waals surface area contributed by atoms with Crippen LogP contribution in [0.5, 0.6) is 5.75 Å². The molecule has 2 aromatic rings. The third-order valence-electron chi connectivity index (χ3n) is 3.01. The average Bonchev–Trinajstić information content (AvgIpc) is 2.84. The number of carbonyl (C=O) groups excluding carboxylic acids is 2. The van der Waals surface area contributed by atoms with Crippen molar-refractivity contribution < 1.29 is 14.3 Å². The van der Waals surface area contributed by atoms with Crippen LogP contribution >= 0.6 is 27.5 Å². The molecular formula is C15H16BrClN2O3. The third-order valence-corrected chi connectivity index (χ3v) is 3.90. The summed E-state index contributed by atoms with van der Waals surface area (Å²) in [6.45, 7) is 4.88. The van der Waals surface area contributed by atoms with Crippen LogP contribution in [-0.2, 0) is 22.6 Å². The Morgan fingerprint density at radius 1 is 1.36 bits per heavy atom. The molecule has 0 unspecified atom stereocenters. The summed E-state index contributed by atoms with van der Waals surface area (Å²) in [7, 11) is 1.66. The van der Waals surface area contributed by atoms with E-state index in [4.69, 9.17) is 25.9 Å². The number of rotatable bonds is 4. The molecule has 0 aliphatic heterocycles. The van der Waals surface area contributed by atoms with Gasteiger partial charge in [-0.15, -0.1) is 0 Å². The molecule has 0 bridgehead atoms. The Morgan fingerprint density at radius 2 is 2.00 bits per heavy atom. The zero-order chi connectivity index (χ0) is 16.7. The van der Waals surface area contributed by atoms with Gasteiger partial charge in [0.2, 0.25) is 0 Å². The van der Waals surface area contributed by atoms with Crippen molar-refractivity contribution in [1.82, 2.24) is 9.78 Å². The van der Waals surface area contributed by atoms with Crippen LogP contribution in [0.3, 0.4) is 0 Å². The van der Waals surface area contributed by atoms with Gasteiger partial charge in [0.25, 0.3) is 0 Å². The van der Waals surface area contributed by atoms with Crippen molar-refractivity contribution in [3.8, 4) is 17.0 Å². The van der Waals surface area contributed by atoms with Gasteiger partial charge in [-0.3, -0.25) is 4.68 Å². The van der Waals surface area contributed by atoms with Gasteiger partial charge in [-0.05, 0) is 31.5 Å². The van der Waals surface area contributed by atoms with Crippen LogP contribution in [0.2, 0.25) is 5.02 Å². The van der Waals surface area contributed by atoms with Gasteiger partial charge in [-0.25, -0.2) is 0 Å². The highest BCUT2D eigenvalue weighted by atomic mass is 79.9. The summed E-state index contributed by atoms with van der Waals surface area (Å²) < 4.78 is 8.35. The first kappa shape index (κ1) is 18.4. The van der Waals surface area contributed by atoms with Crippen molar-refractivity contribution in [2.24, 2.45) is 0 Å². The van der Waals surface area contributed by atoms with E-state index in [1.54, 1.807) is 7.11 Å². The minimum Gasteiger partial charge on any atom is -0.496 e. The number of hydrogen-bond acceptors (Lipinski definition) is 4. The second-order valence-corrected chi connectivity index (χ2v) is 5.50. The predicted molar refractivity (Wildman–Crippen MR) is 87.0 cm³/mol. The smallest absolute Gasteiger partial charge is 0.373 e. The SMILES string of the molecule is CCc1nn(CC)c(-c2ccc(Br)cc2OC)c1Cl.O=C=O. The van der Waals surface area contributed by atoms with Crippen molar-refractivity contribution in [3.05, 3.63) is 33.4 Å². The topological polar surface area (TPSA) is 61.2 Å². The Labute approximate surface area is 142 Å². The fourth-order valence-electron chi connectivity index (χ4n) is 2.06. The van der Waals surface area contributed by atoms with Crippen LogP contribution in [0.15, 0.2) is 22.7 Å². The average molecular weight is 388 g/mol. The summed E-state index contributed by atoms with van der Waals surface area (Å²) in [4.78, 5) is 16.2. The molecule has 0 aliphatic rings. The fourth-order valence-corrected chi connectivity index (χ4v) is 2.77. The normalized spacial score (nSPS) is 9.68. The first-order valence-corrected chi connectivity index (χ1v) is 7.79. The van der Waals surface area contributed by atoms with E-state index in [1.165, 1.54) is 0 Å². The Bertz CT molecular complexity index is 680. The number of ether oxygens (including phenoxy) is 1. The highest BCUT2D eigenvalue weighted by Gasteiger charge is 2.19. The monoisotopic (exact) mass is 386 g/mol. The molecule has 5 nitrogen and oxygen atoms in total. The first-order valence-electron chi connectivity index (χ1n) is 6.62. The number of benzene rings is 1. The lowest BCUT2D eigenvalue weighted by Gasteiger charge is -2.11. The summed E-state index contributed by atoms with van der Waals surface area (Å²) in [6.07, 6.45) is 1.07. The lowest BCUT2D eigenvalue weighted by Crippen LogP contribution is -2.00. The number of hydrogen-bond donors (Lipinski definition) is 0. The van der Waals surface area contributed by atoms with E-state index in [9.17, 15) is 0 Å². The van der Waals surface area contributed by atoms with E-state index in [2.05, 4.69) is 34.9 Å². The van der Waals surface area contributed by atoms with E-state index in [1.807, 2.05) is 22.9 Å². The van der Waals surface area contributed by atoms with Gasteiger partial charge < -0.3 is 4.74 Å². The molecule has 7 heteroatoms. The lowest BCUT2D eigenvalue weighted by molar-refractivity contribution is -0.191. The van der Waals surface area contributed by atoms with E-state index in [0.717, 1.165) is 40.1 Å². The zero-order valence-electron chi connectivity index (χ0n) is 12.5. The maximum Gasteiger partial charge on any atom is 0.373 e. The molecule has 0 amide bonds. The highest BCUT2D eigenvalue weighted by molar-refractivity contribution is 9.10. The van der Waals surface area contributed by atoms with E-state index in [-0.39, 0.29) is 6.15 Å². The van der Waals surface area contributed by atoms with Gasteiger partial charge in [0, 0.05) is 16.6 Å². The number of nitrogens with zero attached hydrogens (tertiary/aromatic N) is 2. The zero-order valence-corrected chi connectivity index (χ0v) is 14.9. The van der Waals surface area contributed by atoms with Crippen molar-refractivity contribution in [2.45, 2.75) is 26.8 Å². The molecule has 1 heterocycles. The van der Waals surface area contributed by atoms with Gasteiger partial charge in [-0.2, -0.15) is 14.7 Å². The summed E-state index contributed by atoms with van der Waals surface area (Å²) in [6, 6.07) is 5.91. The number of methoxy groups -OCH3 is 1. The van der Waals surface area contributed by atoms with Crippen LogP contribution in [0, 0.1) is 0 Å². The van der Waals surface area contributed by atoms with Gasteiger partial charge in [0.1, 0.15) is 5.75 Å². The van der Waals surface area contributed by atoms with Crippen LogP contribution in [0.4, 0.5) is 0 Å². The highest BCUT2D eigenvalue weighted by Crippen LogP contribution is 2.38. The van der Waals surface area contributed by atoms with E-state index in [0.29, 0.717) is 5.02 Å². The summed E-state index contributed by atoms with van der Waals surface area (Å²) >= 11 is 9.91. The van der Waals surface area contributed by atoms with Crippen molar-refractivity contribution in [2.75, 3.05) is 7.11 Å². The number of aromatic nitrogens is 2. The van der Waals surface area contributed by atoms with Crippen LogP contribution < -0.4 is 4.74 Å². The van der Waals surface area contributed by atoms with Gasteiger partial charge >= 0.3 is 6.15 Å². The number of aryl methyl sites for hydroxylation is 2. The summed E-state index contributed by atoms with van der Waals surface area (Å²) in [5.41, 5.74) is 2.80. The van der Waals surface area contributed by atoms with Crippen LogP contribution in [0.25, 0.3) is 11.3 Å². The minimum absolute atomic E-state index is 0.250. The van der Waals surface area contributed by atoms with Gasteiger partial charge in [-0.1, -0.05) is 34.5 Å². The fraction of sp³-hybridized carbons (Fsp3) is 0.333. The second kappa shape index (κ2) is 8.73. The maximum atomic E-state index is 8.12. The lowest BCUT2D eigenvalue weighted by atomic mass is 10.1. The molecular weight excluding hydrogens is 372 g/mol. The van der Waals surface area contributed by atoms with E-state index >= 15 is 0 Å². The van der Waals surface area contributed by atoms with Crippen LogP contribution in [-0.4, -0.2) is 23.0 Å². The molecule has 1 aromatic heterocycles. The summed E-state index contributed by atoms with van der Waals surface area (Å²) in [5, 5.41) is 5.25. The molecule has 1 aromatic carbocycles. The van der Waals surface area contributed by atoms with Crippen molar-refractivity contribution in [1.29, 1.82) is 0 Å². The Balaban J connectivity index is 0.000000745. The van der Waals surface area contributed by atoms with Crippen LogP contribution in [0.1, 0.15) is 19.5 Å². The van der Waals surface area contributed by atoms with Crippen molar-refractivity contribution in [3.63, 3.8) is 0 Å². The molecule has 0 spiro atoms. The molecule has 2 rings (SSSR count). The molecule has 0 fully saturated rings. The summed E-state index contributed by atoms with van der Waals surface area (Å²) in [5.74, 6) is 0.786. The maximum absolute atomic E-state index is 8.12. The first-order chi connectivity index (χ1) is 10.5. The Hall–Kier alpha value is -1.62. The molecule has 22 heavy (non-hydrogen) atoms. The third kappa shape index (κ3) is 3.97. The molecule has 118 valence electrons. The quantitative estimate of drug-likeness (QED) is 0.796. The largest absolute Gasteiger partial charge is 0.496 e. The molecule has 0 atom stereocenters. The molecule has 0 radical (unpaired) electrons. The number of halogens is 2. The van der Waals surface area contributed by atoms with Gasteiger partial charge in [0.15, 0.2) is 0 Å². The minimum atomic E-state index is 0.250. The predicted octanol–water partition coefficient (Wildman–Crippen LogP) is 3.97. The van der Waals surface area contributed by atoms with Gasteiger partial charge in [0.05, 0.1) is 23.5 Å². The van der Waals surface area contributed by atoms with Crippen molar-refractivity contribution >= 4 is 33.7 Å². The Kier molecular flexibility index (Phi) is 7.32. The molecule has 0 N–H and O–H groups in total. The molecule has 0 aliphatic carbocycles. The molecule has 0 saturated carbocycles. The van der Waals surface area contributed by atoms with E-state index < -0.39 is 0 Å². The Morgan fingerprint density at radius 3 is 2.50 bits per heavy atom.